The number of aliphatic hydroxyl groups is 4. The SMILES string of the molecule is COC[C@@H]([C@H](O)[C@H](O)C(=O)N[C@H](C)C[C@H](C)c1nc(/C=C/C[C@@H]2OC3(C[C@@H](O)[C@@H]2C)O[C@H]([C@H](C[C@H](OC)[C@H](C)[C@H](O)[C@H](C)/C=C(C)/C(C)=C\C=C\C(C)=C/C#N)OC)[C@H](OP(=O)(O)O)C3(C)C)co1)N(C)C. The van der Waals surface area contributed by atoms with Crippen molar-refractivity contribution in [1.29, 1.82) is 5.26 Å². The Morgan fingerprint density at radius 2 is 1.71 bits per heavy atom. The standard InChI is InChI=1S/C52H85N4O15P/c1-30(22-23-53)18-16-19-31(2)32(3)24-33(4)44(58)37(8)42(66-14)26-43(67-15)47-48(71-72(62,63)64)51(9,10)52(70-47)27-40(57)36(7)41(69-52)21-17-20-38-28-68-50(55-38)34(5)25-35(6)54-49(61)46(60)45(59)39(29-65-13)56(11)12/h16-20,22,24,28,33-37,39-48,57-60H,21,25-27,29H2,1-15H3,(H,54,61)(H2,62,63,64)/b18-16+,20-17+,30-22-,31-19-,32-24+/t33-,34+,35-,36+,37+,39+,40-,41+,42+,43+,44-,45+,46+,47-,48+,52?/m1/s1. The summed E-state index contributed by atoms with van der Waals surface area (Å²) < 4.78 is 54.8. The van der Waals surface area contributed by atoms with E-state index >= 15 is 0 Å². The number of allylic oxidation sites excluding steroid dienone is 7. The second-order valence-electron chi connectivity index (χ2n) is 20.6. The zero-order chi connectivity index (χ0) is 54.5. The number of phosphoric ester groups is 1. The molecule has 2 fully saturated rings. The van der Waals surface area contributed by atoms with Gasteiger partial charge in [0, 0.05) is 75.4 Å². The number of methoxy groups -OCH3 is 3. The Labute approximate surface area is 427 Å². The average molecular weight is 1040 g/mol. The van der Waals surface area contributed by atoms with Crippen LogP contribution in [0.1, 0.15) is 112 Å². The highest BCUT2D eigenvalue weighted by atomic mass is 31.2. The molecule has 1 aromatic heterocycles. The van der Waals surface area contributed by atoms with Gasteiger partial charge in [0.05, 0.1) is 49.2 Å². The van der Waals surface area contributed by atoms with Gasteiger partial charge in [0.1, 0.15) is 30.3 Å². The molecule has 1 amide bonds. The van der Waals surface area contributed by atoms with E-state index in [4.69, 9.17) is 37.9 Å². The third-order valence-electron chi connectivity index (χ3n) is 14.5. The normalized spacial score (nSPS) is 27.6. The summed E-state index contributed by atoms with van der Waals surface area (Å²) in [6.45, 7) is 18.6. The molecule has 1 aromatic rings. The van der Waals surface area contributed by atoms with E-state index in [-0.39, 0.29) is 43.6 Å². The van der Waals surface area contributed by atoms with Gasteiger partial charge in [-0.3, -0.25) is 9.32 Å². The van der Waals surface area contributed by atoms with E-state index in [1.807, 2.05) is 84.9 Å². The summed E-state index contributed by atoms with van der Waals surface area (Å²) in [7, 11) is 2.76. The van der Waals surface area contributed by atoms with E-state index in [0.29, 0.717) is 18.0 Å². The largest absolute Gasteiger partial charge is 0.469 e. The Bertz CT molecular complexity index is 2130. The first-order valence-corrected chi connectivity index (χ1v) is 26.2. The number of likely N-dealkylation sites (N-methyl/N-ethyl adjacent to an activating group) is 1. The maximum atomic E-state index is 12.9. The minimum Gasteiger partial charge on any atom is -0.448 e. The van der Waals surface area contributed by atoms with E-state index in [0.717, 1.165) is 16.7 Å². The number of oxazole rings is 1. The molecule has 2 aliphatic heterocycles. The highest BCUT2D eigenvalue weighted by molar-refractivity contribution is 7.46. The van der Waals surface area contributed by atoms with Crippen LogP contribution in [0.25, 0.3) is 6.08 Å². The maximum Gasteiger partial charge on any atom is 0.469 e. The van der Waals surface area contributed by atoms with Crippen molar-refractivity contribution in [3.8, 4) is 6.07 Å². The first-order valence-electron chi connectivity index (χ1n) is 24.6. The van der Waals surface area contributed by atoms with E-state index < -0.39 is 97.9 Å². The minimum atomic E-state index is -5.13. The van der Waals surface area contributed by atoms with Crippen molar-refractivity contribution in [2.24, 2.45) is 23.2 Å². The molecule has 0 saturated carbocycles. The Hall–Kier alpha value is -3.42. The van der Waals surface area contributed by atoms with Crippen molar-refractivity contribution in [2.45, 2.75) is 174 Å². The Balaban J connectivity index is 1.78. The molecule has 3 heterocycles. The average Bonchev–Trinajstić information content (AvgIpc) is 3.85. The van der Waals surface area contributed by atoms with Gasteiger partial charge >= 0.3 is 7.82 Å². The molecule has 16 atom stereocenters. The van der Waals surface area contributed by atoms with Crippen LogP contribution in [0, 0.1) is 34.5 Å². The third kappa shape index (κ3) is 16.8. The molecule has 72 heavy (non-hydrogen) atoms. The topological polar surface area (TPSA) is 276 Å². The lowest BCUT2D eigenvalue weighted by atomic mass is 9.72. The fourth-order valence-electron chi connectivity index (χ4n) is 9.64. The summed E-state index contributed by atoms with van der Waals surface area (Å²) in [6, 6.07) is 1.00. The van der Waals surface area contributed by atoms with Crippen LogP contribution in [0.2, 0.25) is 0 Å². The van der Waals surface area contributed by atoms with Gasteiger partial charge in [-0.1, -0.05) is 77.5 Å². The molecule has 2 aliphatic rings. The summed E-state index contributed by atoms with van der Waals surface area (Å²) >= 11 is 0. The minimum absolute atomic E-state index is 0.0332. The quantitative estimate of drug-likeness (QED) is 0.0315. The number of hydrogen-bond acceptors (Lipinski definition) is 16. The highest BCUT2D eigenvalue weighted by Crippen LogP contribution is 2.59. The number of amides is 1. The summed E-state index contributed by atoms with van der Waals surface area (Å²) in [6.07, 6.45) is 5.58. The van der Waals surface area contributed by atoms with Crippen molar-refractivity contribution in [3.63, 3.8) is 0 Å². The number of phosphoric acid groups is 1. The van der Waals surface area contributed by atoms with Gasteiger partial charge in [-0.2, -0.15) is 5.26 Å². The zero-order valence-electron chi connectivity index (χ0n) is 45.0. The second kappa shape index (κ2) is 27.9. The van der Waals surface area contributed by atoms with Crippen molar-refractivity contribution in [3.05, 3.63) is 71.0 Å². The summed E-state index contributed by atoms with van der Waals surface area (Å²) in [4.78, 5) is 39.7. The number of aromatic nitrogens is 1. The number of ether oxygens (including phenoxy) is 5. The van der Waals surface area contributed by atoms with Gasteiger partial charge in [-0.05, 0) is 71.9 Å². The van der Waals surface area contributed by atoms with Crippen molar-refractivity contribution in [1.82, 2.24) is 15.2 Å². The van der Waals surface area contributed by atoms with Crippen molar-refractivity contribution < 1.29 is 72.2 Å². The van der Waals surface area contributed by atoms with Crippen LogP contribution in [0.5, 0.6) is 0 Å². The van der Waals surface area contributed by atoms with Crippen molar-refractivity contribution in [2.75, 3.05) is 42.0 Å². The second-order valence-corrected chi connectivity index (χ2v) is 21.8. The van der Waals surface area contributed by atoms with Gasteiger partial charge in [-0.25, -0.2) is 9.55 Å². The Kier molecular flexibility index (Phi) is 24.4. The molecule has 0 aromatic carbocycles. The smallest absolute Gasteiger partial charge is 0.448 e. The predicted molar refractivity (Wildman–Crippen MR) is 272 cm³/mol. The predicted octanol–water partition coefficient (Wildman–Crippen LogP) is 5.73. The lowest BCUT2D eigenvalue weighted by Gasteiger charge is -2.50. The number of aliphatic hydroxyl groups excluding tert-OH is 4. The highest BCUT2D eigenvalue weighted by Gasteiger charge is 2.68. The van der Waals surface area contributed by atoms with Gasteiger partial charge in [0.15, 0.2) is 17.8 Å². The number of nitriles is 1. The van der Waals surface area contributed by atoms with Crippen LogP contribution in [0.15, 0.2) is 63.9 Å². The van der Waals surface area contributed by atoms with Crippen LogP contribution >= 0.6 is 7.82 Å². The molecular weight excluding hydrogens is 952 g/mol. The van der Waals surface area contributed by atoms with Gasteiger partial charge in [0.2, 0.25) is 0 Å². The Morgan fingerprint density at radius 1 is 1.04 bits per heavy atom. The molecule has 2 saturated heterocycles. The molecule has 3 rings (SSSR count). The van der Waals surface area contributed by atoms with Gasteiger partial charge in [0.25, 0.3) is 5.91 Å². The summed E-state index contributed by atoms with van der Waals surface area (Å²) in [5, 5.41) is 56.2. The number of carbonyl (C=O) groups excluding carboxylic acids is 1. The Morgan fingerprint density at radius 3 is 2.29 bits per heavy atom. The number of rotatable bonds is 27. The van der Waals surface area contributed by atoms with Crippen LogP contribution in [0.4, 0.5) is 0 Å². The number of nitrogens with zero attached hydrogens (tertiary/aromatic N) is 3. The molecule has 1 spiro atoms. The van der Waals surface area contributed by atoms with E-state index in [2.05, 4.69) is 10.3 Å². The van der Waals surface area contributed by atoms with Crippen molar-refractivity contribution >= 4 is 19.8 Å². The molecule has 0 radical (unpaired) electrons. The first kappa shape index (κ1) is 62.9. The lowest BCUT2D eigenvalue weighted by molar-refractivity contribution is -0.334. The number of carbonyl (C=O) groups is 1. The molecule has 408 valence electrons. The van der Waals surface area contributed by atoms with E-state index in [1.54, 1.807) is 45.8 Å². The maximum absolute atomic E-state index is 12.9. The number of hydrogen-bond donors (Lipinski definition) is 7. The molecule has 20 heteroatoms. The number of nitrogens with one attached hydrogen (secondary N) is 1. The third-order valence-corrected chi connectivity index (χ3v) is 15.0. The van der Waals surface area contributed by atoms with Crippen LogP contribution < -0.4 is 5.32 Å². The first-order chi connectivity index (χ1) is 33.6. The molecule has 0 aliphatic carbocycles. The van der Waals surface area contributed by atoms with E-state index in [1.165, 1.54) is 33.7 Å². The molecule has 19 nitrogen and oxygen atoms in total. The lowest BCUT2D eigenvalue weighted by Crippen LogP contribution is -2.58. The molecule has 1 unspecified atom stereocenters. The van der Waals surface area contributed by atoms with Gasteiger partial charge in [-0.15, -0.1) is 0 Å². The molecular formula is C52H85N4O15P. The summed E-state index contributed by atoms with van der Waals surface area (Å²) in [5.74, 6) is -3.27. The monoisotopic (exact) mass is 1040 g/mol. The summed E-state index contributed by atoms with van der Waals surface area (Å²) in [5.41, 5.74) is 2.02. The molecule has 7 N–H and O–H groups in total. The fourth-order valence-corrected chi connectivity index (χ4v) is 10.3. The van der Waals surface area contributed by atoms with E-state index in [9.17, 15) is 39.6 Å². The van der Waals surface area contributed by atoms with Gasteiger partial charge < -0.3 is 68.5 Å². The van der Waals surface area contributed by atoms with Crippen LogP contribution in [-0.4, -0.2) is 161 Å². The zero-order valence-corrected chi connectivity index (χ0v) is 45.9. The van der Waals surface area contributed by atoms with Crippen LogP contribution in [0.3, 0.4) is 0 Å². The van der Waals surface area contributed by atoms with Crippen LogP contribution in [-0.2, 0) is 37.6 Å². The fraction of sp³-hybridized carbons (Fsp3) is 0.712. The molecule has 0 bridgehead atoms.